The highest BCUT2D eigenvalue weighted by atomic mass is 19.3. The van der Waals surface area contributed by atoms with E-state index in [1.54, 1.807) is 0 Å². The molecule has 0 unspecified atom stereocenters. The molecule has 0 atom stereocenters. The van der Waals surface area contributed by atoms with E-state index in [4.69, 9.17) is 0 Å². The molecule has 0 saturated heterocycles. The zero-order chi connectivity index (χ0) is 12.8. The fourth-order valence-electron chi connectivity index (χ4n) is 1.17. The lowest BCUT2D eigenvalue weighted by atomic mass is 10.1. The van der Waals surface area contributed by atoms with Gasteiger partial charge in [-0.05, 0) is 17.7 Å². The topological polar surface area (TPSA) is 18.5 Å². The Kier molecular flexibility index (Phi) is 4.81. The number of benzene rings is 1. The lowest BCUT2D eigenvalue weighted by Crippen LogP contribution is -2.05. The molecule has 0 aliphatic rings. The van der Waals surface area contributed by atoms with Gasteiger partial charge in [0.05, 0.1) is 0 Å². The summed E-state index contributed by atoms with van der Waals surface area (Å²) in [7, 11) is 0. The first-order valence-corrected chi connectivity index (χ1v) is 4.51. The molecule has 0 amide bonds. The second kappa shape index (κ2) is 6.12. The molecule has 0 bridgehead atoms. The molecule has 1 radical (unpaired) electrons. The minimum absolute atomic E-state index is 0.258. The predicted molar refractivity (Wildman–Crippen MR) is 53.3 cm³/mol. The molecule has 1 rings (SSSR count). The average Bonchev–Trinajstić information content (AvgIpc) is 2.14. The van der Waals surface area contributed by atoms with Crippen molar-refractivity contribution < 1.29 is 27.0 Å². The van der Waals surface area contributed by atoms with Crippen LogP contribution in [0.15, 0.2) is 30.9 Å². The summed E-state index contributed by atoms with van der Waals surface area (Å²) in [5, 5.41) is 0. The summed E-state index contributed by atoms with van der Waals surface area (Å²) in [5.41, 5.74) is 0.369. The van der Waals surface area contributed by atoms with Gasteiger partial charge >= 0.3 is 13.2 Å². The van der Waals surface area contributed by atoms with E-state index in [0.29, 0.717) is 5.56 Å². The molecule has 0 aliphatic carbocycles. The summed E-state index contributed by atoms with van der Waals surface area (Å²) < 4.78 is 56.2. The zero-order valence-corrected chi connectivity index (χ0v) is 8.58. The third-order valence-electron chi connectivity index (χ3n) is 1.66. The molecule has 0 saturated carbocycles. The second-order valence-electron chi connectivity index (χ2n) is 2.90. The first-order chi connectivity index (χ1) is 8.01. The van der Waals surface area contributed by atoms with Crippen molar-refractivity contribution in [3.8, 4) is 11.5 Å². The SMILES string of the molecule is C=C[CH]c1cc(OC(F)F)cc(OC(F)F)c1. The van der Waals surface area contributed by atoms with Crippen LogP contribution in [0.3, 0.4) is 0 Å². The number of hydrogen-bond donors (Lipinski definition) is 0. The van der Waals surface area contributed by atoms with Gasteiger partial charge in [0.2, 0.25) is 0 Å². The van der Waals surface area contributed by atoms with Gasteiger partial charge in [-0.15, -0.1) is 6.58 Å². The highest BCUT2D eigenvalue weighted by Crippen LogP contribution is 2.26. The van der Waals surface area contributed by atoms with Crippen molar-refractivity contribution >= 4 is 0 Å². The Hall–Kier alpha value is -1.72. The molecule has 0 fully saturated rings. The van der Waals surface area contributed by atoms with Crippen LogP contribution in [0, 0.1) is 6.42 Å². The maximum Gasteiger partial charge on any atom is 0.387 e. The fraction of sp³-hybridized carbons (Fsp3) is 0.182. The predicted octanol–water partition coefficient (Wildman–Crippen LogP) is 3.63. The van der Waals surface area contributed by atoms with Gasteiger partial charge in [0.1, 0.15) is 11.5 Å². The van der Waals surface area contributed by atoms with Crippen molar-refractivity contribution in [3.63, 3.8) is 0 Å². The second-order valence-corrected chi connectivity index (χ2v) is 2.90. The van der Waals surface area contributed by atoms with Crippen molar-refractivity contribution in [2.75, 3.05) is 0 Å². The molecule has 6 heteroatoms. The Morgan fingerprint density at radius 1 is 0.941 bits per heavy atom. The van der Waals surface area contributed by atoms with Gasteiger partial charge in [-0.2, -0.15) is 17.6 Å². The molecule has 1 aromatic carbocycles. The van der Waals surface area contributed by atoms with Crippen LogP contribution in [-0.2, 0) is 0 Å². The molecule has 2 nitrogen and oxygen atoms in total. The monoisotopic (exact) mass is 249 g/mol. The third-order valence-corrected chi connectivity index (χ3v) is 1.66. The minimum atomic E-state index is -3.03. The number of hydrogen-bond acceptors (Lipinski definition) is 2. The number of rotatable bonds is 6. The molecule has 0 spiro atoms. The van der Waals surface area contributed by atoms with E-state index < -0.39 is 13.2 Å². The van der Waals surface area contributed by atoms with Crippen molar-refractivity contribution in [2.45, 2.75) is 13.2 Å². The van der Waals surface area contributed by atoms with Gasteiger partial charge in [-0.1, -0.05) is 6.08 Å². The number of alkyl halides is 4. The van der Waals surface area contributed by atoms with Crippen LogP contribution < -0.4 is 9.47 Å². The summed E-state index contributed by atoms with van der Waals surface area (Å²) >= 11 is 0. The molecule has 0 aliphatic heterocycles. The Morgan fingerprint density at radius 2 is 1.41 bits per heavy atom. The van der Waals surface area contributed by atoms with Crippen molar-refractivity contribution in [3.05, 3.63) is 42.8 Å². The first-order valence-electron chi connectivity index (χ1n) is 4.51. The number of halogens is 4. The largest absolute Gasteiger partial charge is 0.435 e. The van der Waals surface area contributed by atoms with E-state index in [2.05, 4.69) is 16.1 Å². The zero-order valence-electron chi connectivity index (χ0n) is 8.58. The van der Waals surface area contributed by atoms with Crippen LogP contribution in [0.25, 0.3) is 0 Å². The molecular weight excluding hydrogens is 240 g/mol. The minimum Gasteiger partial charge on any atom is -0.435 e. The van der Waals surface area contributed by atoms with Crippen molar-refractivity contribution in [1.29, 1.82) is 0 Å². The van der Waals surface area contributed by atoms with E-state index >= 15 is 0 Å². The van der Waals surface area contributed by atoms with E-state index in [9.17, 15) is 17.6 Å². The summed E-state index contributed by atoms with van der Waals surface area (Å²) in [4.78, 5) is 0. The molecule has 1 aromatic rings. The van der Waals surface area contributed by atoms with Gasteiger partial charge in [0.25, 0.3) is 0 Å². The van der Waals surface area contributed by atoms with Gasteiger partial charge in [0.15, 0.2) is 0 Å². The van der Waals surface area contributed by atoms with Crippen LogP contribution in [0.4, 0.5) is 17.6 Å². The van der Waals surface area contributed by atoms with E-state index in [1.165, 1.54) is 24.6 Å². The van der Waals surface area contributed by atoms with Crippen LogP contribution in [0.1, 0.15) is 5.56 Å². The van der Waals surface area contributed by atoms with E-state index in [-0.39, 0.29) is 11.5 Å². The molecule has 0 aromatic heterocycles. The Balaban J connectivity index is 2.95. The van der Waals surface area contributed by atoms with Crippen LogP contribution in [0.2, 0.25) is 0 Å². The van der Waals surface area contributed by atoms with Crippen LogP contribution in [-0.4, -0.2) is 13.2 Å². The Morgan fingerprint density at radius 3 is 1.76 bits per heavy atom. The average molecular weight is 249 g/mol. The maximum absolute atomic E-state index is 12.0. The lowest BCUT2D eigenvalue weighted by molar-refractivity contribution is -0.0542. The standard InChI is InChI=1S/C11H9F4O2/c1-2-3-7-4-8(16-10(12)13)6-9(5-7)17-11(14)15/h2-6,10-11H,1H2. The van der Waals surface area contributed by atoms with E-state index in [0.717, 1.165) is 6.07 Å². The molecular formula is C11H9F4O2. The Bertz CT molecular complexity index is 351. The lowest BCUT2D eigenvalue weighted by Gasteiger charge is -2.10. The van der Waals surface area contributed by atoms with E-state index in [1.807, 2.05) is 0 Å². The van der Waals surface area contributed by atoms with Gasteiger partial charge < -0.3 is 9.47 Å². The van der Waals surface area contributed by atoms with Gasteiger partial charge in [0, 0.05) is 12.5 Å². The summed E-state index contributed by atoms with van der Waals surface area (Å²) in [6.45, 7) is -2.66. The van der Waals surface area contributed by atoms with Crippen molar-refractivity contribution in [1.82, 2.24) is 0 Å². The summed E-state index contributed by atoms with van der Waals surface area (Å²) in [6, 6.07) is 3.47. The van der Waals surface area contributed by atoms with Gasteiger partial charge in [-0.25, -0.2) is 0 Å². The van der Waals surface area contributed by atoms with Gasteiger partial charge in [-0.3, -0.25) is 0 Å². The normalized spacial score (nSPS) is 10.7. The molecule has 17 heavy (non-hydrogen) atoms. The highest BCUT2D eigenvalue weighted by Gasteiger charge is 2.10. The van der Waals surface area contributed by atoms with Crippen molar-refractivity contribution in [2.24, 2.45) is 0 Å². The first kappa shape index (κ1) is 13.3. The third kappa shape index (κ3) is 4.76. The van der Waals surface area contributed by atoms with Crippen LogP contribution in [0.5, 0.6) is 11.5 Å². The number of allylic oxidation sites excluding steroid dienone is 1. The quantitative estimate of drug-likeness (QED) is 0.717. The highest BCUT2D eigenvalue weighted by molar-refractivity contribution is 5.42. The smallest absolute Gasteiger partial charge is 0.387 e. The number of ether oxygens (including phenoxy) is 2. The molecule has 0 N–H and O–H groups in total. The summed E-state index contributed by atoms with van der Waals surface area (Å²) in [6.07, 6.45) is 2.82. The summed E-state index contributed by atoms with van der Waals surface area (Å²) in [5.74, 6) is -0.516. The Labute approximate surface area is 95.5 Å². The van der Waals surface area contributed by atoms with Crippen LogP contribution >= 0.6 is 0 Å². The maximum atomic E-state index is 12.0. The molecule has 0 heterocycles. The fourth-order valence-corrected chi connectivity index (χ4v) is 1.17. The molecule has 93 valence electrons.